The third-order valence-electron chi connectivity index (χ3n) is 3.81. The van der Waals surface area contributed by atoms with Crippen LogP contribution in [0, 0.1) is 6.92 Å². The van der Waals surface area contributed by atoms with E-state index in [1.807, 2.05) is 0 Å². The Hall–Kier alpha value is -1.73. The molecule has 1 aliphatic rings. The molecule has 1 saturated heterocycles. The Morgan fingerprint density at radius 3 is 2.48 bits per heavy atom. The fraction of sp³-hybridized carbons (Fsp3) is 0.438. The van der Waals surface area contributed by atoms with Crippen LogP contribution in [0.1, 0.15) is 37.0 Å². The number of hydrogen-bond donors (Lipinski definition) is 0. The van der Waals surface area contributed by atoms with E-state index in [9.17, 15) is 17.6 Å². The van der Waals surface area contributed by atoms with E-state index in [2.05, 4.69) is 6.58 Å². The Balaban J connectivity index is 2.51. The fourth-order valence-electron chi connectivity index (χ4n) is 2.50. The van der Waals surface area contributed by atoms with Crippen LogP contribution in [0.3, 0.4) is 0 Å². The standard InChI is InChI=1S/C16H20FNO4S/c1-3-14(17)10-13-11-15(16(19)22-12(13)2)23(20,21)18-8-6-4-5-7-9-18/h3,10-11H,1,4-9H2,2H3/b14-10+. The van der Waals surface area contributed by atoms with Crippen LogP contribution in [-0.2, 0) is 10.0 Å². The van der Waals surface area contributed by atoms with Crippen LogP contribution >= 0.6 is 0 Å². The predicted octanol–water partition coefficient (Wildman–Crippen LogP) is 3.01. The second-order valence-corrected chi connectivity index (χ2v) is 7.37. The summed E-state index contributed by atoms with van der Waals surface area (Å²) in [5.41, 5.74) is -0.724. The van der Waals surface area contributed by atoms with Crippen LogP contribution in [0.4, 0.5) is 4.39 Å². The van der Waals surface area contributed by atoms with Gasteiger partial charge in [0.05, 0.1) is 0 Å². The summed E-state index contributed by atoms with van der Waals surface area (Å²) in [5.74, 6) is -0.484. The van der Waals surface area contributed by atoms with Crippen LogP contribution in [0.15, 0.2) is 38.7 Å². The molecule has 126 valence electrons. The molecule has 0 unspecified atom stereocenters. The van der Waals surface area contributed by atoms with Crippen molar-refractivity contribution in [2.75, 3.05) is 13.1 Å². The van der Waals surface area contributed by atoms with Crippen molar-refractivity contribution in [1.82, 2.24) is 4.31 Å². The molecule has 1 fully saturated rings. The van der Waals surface area contributed by atoms with Gasteiger partial charge in [0.15, 0.2) is 4.90 Å². The van der Waals surface area contributed by atoms with E-state index < -0.39 is 26.4 Å². The van der Waals surface area contributed by atoms with Crippen LogP contribution in [-0.4, -0.2) is 25.8 Å². The minimum Gasteiger partial charge on any atom is -0.427 e. The van der Waals surface area contributed by atoms with Crippen molar-refractivity contribution >= 4 is 16.1 Å². The van der Waals surface area contributed by atoms with Gasteiger partial charge in [0.2, 0.25) is 10.0 Å². The highest BCUT2D eigenvalue weighted by molar-refractivity contribution is 7.89. The molecule has 0 amide bonds. The van der Waals surface area contributed by atoms with E-state index in [1.165, 1.54) is 17.3 Å². The van der Waals surface area contributed by atoms with Crippen molar-refractivity contribution in [3.63, 3.8) is 0 Å². The number of halogens is 1. The fourth-order valence-corrected chi connectivity index (χ4v) is 4.05. The summed E-state index contributed by atoms with van der Waals surface area (Å²) in [6.45, 7) is 5.53. The van der Waals surface area contributed by atoms with Gasteiger partial charge in [-0.15, -0.1) is 0 Å². The van der Waals surface area contributed by atoms with Gasteiger partial charge >= 0.3 is 5.63 Å². The van der Waals surface area contributed by atoms with E-state index >= 15 is 0 Å². The number of aryl methyl sites for hydroxylation is 1. The van der Waals surface area contributed by atoms with Gasteiger partial charge in [-0.05, 0) is 38.0 Å². The lowest BCUT2D eigenvalue weighted by molar-refractivity contribution is 0.412. The summed E-state index contributed by atoms with van der Waals surface area (Å²) in [6.07, 6.45) is 5.53. The number of nitrogens with zero attached hydrogens (tertiary/aromatic N) is 1. The van der Waals surface area contributed by atoms with Crippen molar-refractivity contribution in [3.8, 4) is 0 Å². The Kier molecular flexibility index (Phi) is 5.54. The molecule has 0 radical (unpaired) electrons. The lowest BCUT2D eigenvalue weighted by Gasteiger charge is -2.19. The van der Waals surface area contributed by atoms with Crippen molar-refractivity contribution < 1.29 is 17.2 Å². The summed E-state index contributed by atoms with van der Waals surface area (Å²) < 4.78 is 45.1. The smallest absolute Gasteiger partial charge is 0.356 e. The Bertz CT molecular complexity index is 772. The lowest BCUT2D eigenvalue weighted by Crippen LogP contribution is -2.34. The van der Waals surface area contributed by atoms with E-state index in [-0.39, 0.29) is 11.3 Å². The maximum atomic E-state index is 13.4. The maximum absolute atomic E-state index is 13.4. The first-order valence-electron chi connectivity index (χ1n) is 7.51. The van der Waals surface area contributed by atoms with Crippen molar-refractivity contribution in [1.29, 1.82) is 0 Å². The van der Waals surface area contributed by atoms with Gasteiger partial charge in [0.1, 0.15) is 11.6 Å². The summed E-state index contributed by atoms with van der Waals surface area (Å²) in [6, 6.07) is 1.17. The molecule has 5 nitrogen and oxygen atoms in total. The molecular formula is C16H20FNO4S. The Labute approximate surface area is 135 Å². The molecule has 23 heavy (non-hydrogen) atoms. The van der Waals surface area contributed by atoms with Crippen molar-refractivity contribution in [2.45, 2.75) is 37.5 Å². The van der Waals surface area contributed by atoms with Gasteiger partial charge in [-0.1, -0.05) is 19.4 Å². The zero-order chi connectivity index (χ0) is 17.0. The van der Waals surface area contributed by atoms with E-state index in [0.29, 0.717) is 13.1 Å². The molecule has 2 heterocycles. The SMILES string of the molecule is C=C/C(F)=C\c1cc(S(=O)(=O)N2CCCCCC2)c(=O)oc1C. The van der Waals surface area contributed by atoms with E-state index in [0.717, 1.165) is 37.8 Å². The molecule has 1 aromatic heterocycles. The van der Waals surface area contributed by atoms with Crippen LogP contribution in [0.25, 0.3) is 6.08 Å². The molecule has 0 saturated carbocycles. The van der Waals surface area contributed by atoms with Gasteiger partial charge in [0.25, 0.3) is 0 Å². The van der Waals surface area contributed by atoms with Crippen LogP contribution < -0.4 is 5.63 Å². The maximum Gasteiger partial charge on any atom is 0.356 e. The second kappa shape index (κ2) is 7.23. The van der Waals surface area contributed by atoms with Gasteiger partial charge in [-0.3, -0.25) is 0 Å². The van der Waals surface area contributed by atoms with Gasteiger partial charge in [-0.25, -0.2) is 17.6 Å². The van der Waals surface area contributed by atoms with Crippen LogP contribution in [0.2, 0.25) is 0 Å². The van der Waals surface area contributed by atoms with Crippen LogP contribution in [0.5, 0.6) is 0 Å². The normalized spacial score (nSPS) is 17.7. The number of allylic oxidation sites excluding steroid dienone is 2. The molecule has 7 heteroatoms. The number of sulfonamides is 1. The Morgan fingerprint density at radius 1 is 1.30 bits per heavy atom. The van der Waals surface area contributed by atoms with E-state index in [1.54, 1.807) is 0 Å². The zero-order valence-electron chi connectivity index (χ0n) is 13.0. The number of rotatable bonds is 4. The molecule has 1 aromatic rings. The molecule has 0 atom stereocenters. The molecular weight excluding hydrogens is 321 g/mol. The van der Waals surface area contributed by atoms with E-state index in [4.69, 9.17) is 4.42 Å². The molecule has 0 aliphatic carbocycles. The van der Waals surface area contributed by atoms with Gasteiger partial charge in [0, 0.05) is 18.7 Å². The first-order chi connectivity index (χ1) is 10.9. The molecule has 0 bridgehead atoms. The zero-order valence-corrected chi connectivity index (χ0v) is 13.9. The second-order valence-electron chi connectivity index (χ2n) is 5.46. The summed E-state index contributed by atoms with van der Waals surface area (Å²) >= 11 is 0. The molecule has 0 aromatic carbocycles. The minimum atomic E-state index is -3.95. The minimum absolute atomic E-state index is 0.154. The highest BCUT2D eigenvalue weighted by Crippen LogP contribution is 2.21. The first kappa shape index (κ1) is 17.6. The summed E-state index contributed by atoms with van der Waals surface area (Å²) in [4.78, 5) is 11.6. The largest absolute Gasteiger partial charge is 0.427 e. The molecule has 1 aliphatic heterocycles. The molecule has 0 spiro atoms. The first-order valence-corrected chi connectivity index (χ1v) is 8.95. The topological polar surface area (TPSA) is 67.6 Å². The van der Waals surface area contributed by atoms with Crippen molar-refractivity contribution in [3.05, 3.63) is 46.3 Å². The van der Waals surface area contributed by atoms with Gasteiger partial charge in [-0.2, -0.15) is 4.31 Å². The highest BCUT2D eigenvalue weighted by atomic mass is 32.2. The Morgan fingerprint density at radius 2 is 1.91 bits per heavy atom. The number of hydrogen-bond acceptors (Lipinski definition) is 4. The summed E-state index contributed by atoms with van der Waals surface area (Å²) in [7, 11) is -3.95. The molecule has 0 N–H and O–H groups in total. The summed E-state index contributed by atoms with van der Waals surface area (Å²) in [5, 5.41) is 0. The average molecular weight is 341 g/mol. The average Bonchev–Trinajstić information content (AvgIpc) is 2.79. The lowest BCUT2D eigenvalue weighted by atomic mass is 10.2. The van der Waals surface area contributed by atoms with Gasteiger partial charge < -0.3 is 4.42 Å². The quantitative estimate of drug-likeness (QED) is 0.790. The third kappa shape index (κ3) is 3.97. The highest BCUT2D eigenvalue weighted by Gasteiger charge is 2.29. The monoisotopic (exact) mass is 341 g/mol. The third-order valence-corrected chi connectivity index (χ3v) is 5.70. The van der Waals surface area contributed by atoms with Crippen molar-refractivity contribution in [2.24, 2.45) is 0 Å². The predicted molar refractivity (Wildman–Crippen MR) is 86.2 cm³/mol. The molecule has 2 rings (SSSR count).